The van der Waals surface area contributed by atoms with Crippen molar-refractivity contribution < 1.29 is 0 Å². The molecular weight excluding hydrogens is 242 g/mol. The van der Waals surface area contributed by atoms with E-state index in [0.717, 1.165) is 16.2 Å². The number of hydrogen-bond donors (Lipinski definition) is 0. The quantitative estimate of drug-likeness (QED) is 0.607. The van der Waals surface area contributed by atoms with E-state index in [1.54, 1.807) is 24.2 Å². The number of rotatable bonds is 2. The molecule has 2 rings (SSSR count). The van der Waals surface area contributed by atoms with Gasteiger partial charge in [-0.25, -0.2) is 9.97 Å². The summed E-state index contributed by atoms with van der Waals surface area (Å²) < 4.78 is 0. The smallest absolute Gasteiger partial charge is 0.163 e. The van der Waals surface area contributed by atoms with E-state index in [1.165, 1.54) is 0 Å². The largest absolute Gasteiger partial charge is 0.264 e. The van der Waals surface area contributed by atoms with Crippen molar-refractivity contribution in [1.29, 1.82) is 0 Å². The Balaban J connectivity index is 2.55. The van der Waals surface area contributed by atoms with Gasteiger partial charge in [0.05, 0.1) is 0 Å². The summed E-state index contributed by atoms with van der Waals surface area (Å²) in [5, 5.41) is 1.40. The summed E-state index contributed by atoms with van der Waals surface area (Å²) in [6.45, 7) is 1.92. The Kier molecular flexibility index (Phi) is 3.41. The first kappa shape index (κ1) is 11.4. The lowest BCUT2D eigenvalue weighted by molar-refractivity contribution is 1.01. The fourth-order valence-corrected chi connectivity index (χ4v) is 2.10. The van der Waals surface area contributed by atoms with Gasteiger partial charge in [0.15, 0.2) is 5.82 Å². The molecule has 0 saturated carbocycles. The van der Waals surface area contributed by atoms with Crippen LogP contribution < -0.4 is 0 Å². The van der Waals surface area contributed by atoms with Gasteiger partial charge in [-0.15, -0.1) is 11.8 Å². The minimum Gasteiger partial charge on any atom is -0.264 e. The summed E-state index contributed by atoms with van der Waals surface area (Å²) >= 11 is 7.63. The predicted octanol–water partition coefficient (Wildman–Crippen LogP) is 3.22. The van der Waals surface area contributed by atoms with Gasteiger partial charge in [0.1, 0.15) is 10.2 Å². The van der Waals surface area contributed by atoms with Crippen LogP contribution in [0.25, 0.3) is 11.4 Å². The van der Waals surface area contributed by atoms with Crippen molar-refractivity contribution >= 4 is 23.4 Å². The molecule has 0 saturated heterocycles. The molecule has 0 bridgehead atoms. The summed E-state index contributed by atoms with van der Waals surface area (Å²) in [4.78, 5) is 12.7. The van der Waals surface area contributed by atoms with Crippen LogP contribution in [0.5, 0.6) is 0 Å². The van der Waals surface area contributed by atoms with E-state index in [2.05, 4.69) is 15.0 Å². The van der Waals surface area contributed by atoms with Crippen LogP contribution in [0.3, 0.4) is 0 Å². The lowest BCUT2D eigenvalue weighted by atomic mass is 10.2. The van der Waals surface area contributed by atoms with Crippen LogP contribution in [0.4, 0.5) is 0 Å². The monoisotopic (exact) mass is 251 g/mol. The fourth-order valence-electron chi connectivity index (χ4n) is 1.29. The van der Waals surface area contributed by atoms with Crippen LogP contribution in [0.2, 0.25) is 5.15 Å². The first-order valence-electron chi connectivity index (χ1n) is 4.71. The maximum absolute atomic E-state index is 6.06. The number of aromatic nitrogens is 3. The van der Waals surface area contributed by atoms with E-state index in [1.807, 2.05) is 25.3 Å². The molecule has 2 heterocycles. The molecule has 0 N–H and O–H groups in total. The van der Waals surface area contributed by atoms with Crippen LogP contribution in [-0.2, 0) is 0 Å². The number of pyridine rings is 1. The average molecular weight is 252 g/mol. The summed E-state index contributed by atoms with van der Waals surface area (Å²) in [5.41, 5.74) is 1.79. The maximum Gasteiger partial charge on any atom is 0.163 e. The second-order valence-electron chi connectivity index (χ2n) is 3.21. The molecule has 0 fully saturated rings. The number of thioether (sulfide) groups is 1. The molecule has 5 heteroatoms. The Hall–Kier alpha value is -1.13. The van der Waals surface area contributed by atoms with Crippen LogP contribution in [0, 0.1) is 6.92 Å². The van der Waals surface area contributed by atoms with E-state index in [-0.39, 0.29) is 0 Å². The highest BCUT2D eigenvalue weighted by molar-refractivity contribution is 7.98. The Labute approximate surface area is 103 Å². The van der Waals surface area contributed by atoms with Crippen molar-refractivity contribution in [1.82, 2.24) is 15.0 Å². The molecule has 82 valence electrons. The van der Waals surface area contributed by atoms with Crippen molar-refractivity contribution in [2.24, 2.45) is 0 Å². The number of nitrogens with zero attached hydrogens (tertiary/aromatic N) is 3. The molecule has 0 atom stereocenters. The van der Waals surface area contributed by atoms with Gasteiger partial charge < -0.3 is 0 Å². The van der Waals surface area contributed by atoms with E-state index in [9.17, 15) is 0 Å². The third-order valence-corrected chi connectivity index (χ3v) is 3.31. The molecular formula is C11H10ClN3S. The van der Waals surface area contributed by atoms with E-state index < -0.39 is 0 Å². The minimum absolute atomic E-state index is 0.498. The zero-order chi connectivity index (χ0) is 11.5. The first-order chi connectivity index (χ1) is 7.72. The van der Waals surface area contributed by atoms with E-state index >= 15 is 0 Å². The van der Waals surface area contributed by atoms with Gasteiger partial charge in [-0.3, -0.25) is 4.98 Å². The average Bonchev–Trinajstić information content (AvgIpc) is 2.33. The highest BCUT2D eigenvalue weighted by atomic mass is 35.5. The molecule has 0 aliphatic heterocycles. The molecule has 0 radical (unpaired) electrons. The summed E-state index contributed by atoms with van der Waals surface area (Å²) in [6.07, 6.45) is 5.42. The van der Waals surface area contributed by atoms with Crippen LogP contribution in [-0.4, -0.2) is 21.2 Å². The molecule has 16 heavy (non-hydrogen) atoms. The van der Waals surface area contributed by atoms with Gasteiger partial charge >= 0.3 is 0 Å². The normalized spacial score (nSPS) is 10.4. The highest BCUT2D eigenvalue weighted by Crippen LogP contribution is 2.26. The zero-order valence-electron chi connectivity index (χ0n) is 8.94. The molecule has 0 amide bonds. The molecule has 0 spiro atoms. The Bertz CT molecular complexity index is 502. The van der Waals surface area contributed by atoms with Crippen LogP contribution in [0.1, 0.15) is 5.56 Å². The minimum atomic E-state index is 0.498. The third kappa shape index (κ3) is 2.18. The summed E-state index contributed by atoms with van der Waals surface area (Å²) in [7, 11) is 0. The van der Waals surface area contributed by atoms with E-state index in [0.29, 0.717) is 11.0 Å². The molecule has 0 unspecified atom stereocenters. The van der Waals surface area contributed by atoms with Crippen LogP contribution in [0.15, 0.2) is 29.6 Å². The van der Waals surface area contributed by atoms with Gasteiger partial charge in [0.25, 0.3) is 0 Å². The Morgan fingerprint density at radius 2 is 2.12 bits per heavy atom. The molecule has 0 aromatic carbocycles. The molecule has 2 aromatic heterocycles. The Morgan fingerprint density at radius 1 is 1.31 bits per heavy atom. The van der Waals surface area contributed by atoms with Crippen molar-refractivity contribution in [3.05, 3.63) is 35.2 Å². The molecule has 2 aromatic rings. The SMILES string of the molecule is CSc1nc(-c2cccnc2)nc(Cl)c1C. The van der Waals surface area contributed by atoms with Crippen molar-refractivity contribution in [3.8, 4) is 11.4 Å². The zero-order valence-corrected chi connectivity index (χ0v) is 10.5. The third-order valence-electron chi connectivity index (χ3n) is 2.15. The molecule has 3 nitrogen and oxygen atoms in total. The standard InChI is InChI=1S/C11H10ClN3S/c1-7-9(12)14-10(15-11(7)16-2)8-4-3-5-13-6-8/h3-6H,1-2H3. The van der Waals surface area contributed by atoms with Gasteiger partial charge in [0.2, 0.25) is 0 Å². The van der Waals surface area contributed by atoms with Gasteiger partial charge in [-0.2, -0.15) is 0 Å². The van der Waals surface area contributed by atoms with Crippen molar-refractivity contribution in [2.45, 2.75) is 11.9 Å². The molecule has 0 aliphatic rings. The second kappa shape index (κ2) is 4.80. The lowest BCUT2D eigenvalue weighted by Crippen LogP contribution is -1.95. The highest BCUT2D eigenvalue weighted by Gasteiger charge is 2.09. The maximum atomic E-state index is 6.06. The summed E-state index contributed by atoms with van der Waals surface area (Å²) in [5.74, 6) is 0.619. The topological polar surface area (TPSA) is 38.7 Å². The Morgan fingerprint density at radius 3 is 2.75 bits per heavy atom. The first-order valence-corrected chi connectivity index (χ1v) is 6.31. The fraction of sp³-hybridized carbons (Fsp3) is 0.182. The van der Waals surface area contributed by atoms with Crippen LogP contribution >= 0.6 is 23.4 Å². The van der Waals surface area contributed by atoms with Gasteiger partial charge in [-0.1, -0.05) is 11.6 Å². The second-order valence-corrected chi connectivity index (χ2v) is 4.37. The van der Waals surface area contributed by atoms with Gasteiger partial charge in [0, 0.05) is 23.5 Å². The van der Waals surface area contributed by atoms with Crippen molar-refractivity contribution in [2.75, 3.05) is 6.26 Å². The predicted molar refractivity (Wildman–Crippen MR) is 66.8 cm³/mol. The number of hydrogen-bond acceptors (Lipinski definition) is 4. The van der Waals surface area contributed by atoms with E-state index in [4.69, 9.17) is 11.6 Å². The lowest BCUT2D eigenvalue weighted by Gasteiger charge is -2.06. The summed E-state index contributed by atoms with van der Waals surface area (Å²) in [6, 6.07) is 3.77. The number of halogens is 1. The van der Waals surface area contributed by atoms with Crippen molar-refractivity contribution in [3.63, 3.8) is 0 Å². The molecule has 0 aliphatic carbocycles. The van der Waals surface area contributed by atoms with Gasteiger partial charge in [-0.05, 0) is 25.3 Å².